The Kier molecular flexibility index (Phi) is 16.5. The van der Waals surface area contributed by atoms with Gasteiger partial charge in [-0.1, -0.05) is 50.0 Å². The van der Waals surface area contributed by atoms with Crippen LogP contribution in [0, 0.1) is 12.2 Å². The fourth-order valence-electron chi connectivity index (χ4n) is 1.57. The SMILES string of the molecule is O=S(=O)(O)C(F)(F)F.[C-]1=CCCC=CCC1.[C-]1=CCCC=CCC1.[Rh+2]. The Labute approximate surface area is 161 Å². The Bertz CT molecular complexity index is 456. The summed E-state index contributed by atoms with van der Waals surface area (Å²) in [7, 11) is -5.84. The summed E-state index contributed by atoms with van der Waals surface area (Å²) in [5.74, 6) is 0. The van der Waals surface area contributed by atoms with Gasteiger partial charge in [0.15, 0.2) is 0 Å². The normalized spacial score (nSPS) is 17.3. The molecule has 25 heavy (non-hydrogen) atoms. The van der Waals surface area contributed by atoms with Crippen LogP contribution in [-0.4, -0.2) is 18.5 Å². The van der Waals surface area contributed by atoms with Crippen LogP contribution in [0.15, 0.2) is 36.5 Å². The van der Waals surface area contributed by atoms with Gasteiger partial charge in [-0.25, -0.2) is 0 Å². The van der Waals surface area contributed by atoms with Crippen LogP contribution in [0.1, 0.15) is 51.4 Å². The average molecular weight is 467 g/mol. The first kappa shape index (κ1) is 26.5. The first-order valence-electron chi connectivity index (χ1n) is 7.69. The van der Waals surface area contributed by atoms with Gasteiger partial charge < -0.3 is 12.2 Å². The minimum absolute atomic E-state index is 0. The van der Waals surface area contributed by atoms with Gasteiger partial charge in [0.25, 0.3) is 0 Å². The third kappa shape index (κ3) is 17.9. The van der Waals surface area contributed by atoms with Gasteiger partial charge in [0.2, 0.25) is 0 Å². The van der Waals surface area contributed by atoms with E-state index in [0.717, 1.165) is 12.8 Å². The van der Waals surface area contributed by atoms with Crippen molar-refractivity contribution < 1.29 is 45.6 Å². The molecule has 0 aromatic rings. The van der Waals surface area contributed by atoms with Crippen molar-refractivity contribution in [2.24, 2.45) is 0 Å². The zero-order valence-corrected chi connectivity index (χ0v) is 16.2. The van der Waals surface area contributed by atoms with Crippen LogP contribution in [0.25, 0.3) is 0 Å². The molecule has 0 bridgehead atoms. The molecule has 0 fully saturated rings. The zero-order valence-electron chi connectivity index (χ0n) is 13.8. The molecular weight excluding hydrogens is 444 g/mol. The van der Waals surface area contributed by atoms with Crippen molar-refractivity contribution in [1.82, 2.24) is 0 Å². The van der Waals surface area contributed by atoms with Crippen LogP contribution >= 0.6 is 0 Å². The standard InChI is InChI=1S/2C8H11.CHF3O3S.Rh/c2*1-2-4-6-8-7-5-3-1;2-1(3,4)8(5,6)7;/h2*1-2,7H,3-6H2;(H,5,6,7);/q2*-1;;+2. The Hall–Kier alpha value is -0.717. The molecule has 145 valence electrons. The second-order valence-corrected chi connectivity index (χ2v) is 6.33. The first-order valence-corrected chi connectivity index (χ1v) is 9.13. The van der Waals surface area contributed by atoms with E-state index < -0.39 is 15.6 Å². The molecule has 1 N–H and O–H groups in total. The van der Waals surface area contributed by atoms with Gasteiger partial charge in [0.1, 0.15) is 0 Å². The largest absolute Gasteiger partial charge is 2.00 e. The van der Waals surface area contributed by atoms with Crippen molar-refractivity contribution in [2.45, 2.75) is 56.9 Å². The molecule has 0 saturated carbocycles. The zero-order chi connectivity index (χ0) is 18.3. The van der Waals surface area contributed by atoms with Crippen LogP contribution in [0.2, 0.25) is 0 Å². The molecule has 0 heterocycles. The smallest absolute Gasteiger partial charge is 0.500 e. The van der Waals surface area contributed by atoms with Crippen LogP contribution in [0.5, 0.6) is 0 Å². The summed E-state index contributed by atoms with van der Waals surface area (Å²) >= 11 is 0. The van der Waals surface area contributed by atoms with Crippen LogP contribution in [-0.2, 0) is 29.6 Å². The van der Waals surface area contributed by atoms with Gasteiger partial charge in [0.05, 0.1) is 0 Å². The maximum atomic E-state index is 10.7. The number of hydrogen-bond donors (Lipinski definition) is 1. The Morgan fingerprint density at radius 1 is 0.760 bits per heavy atom. The molecule has 8 heteroatoms. The number of allylic oxidation sites excluding steroid dienone is 8. The van der Waals surface area contributed by atoms with Crippen LogP contribution in [0.3, 0.4) is 0 Å². The Morgan fingerprint density at radius 3 is 1.40 bits per heavy atom. The summed E-state index contributed by atoms with van der Waals surface area (Å²) in [5, 5.41) is 0. The van der Waals surface area contributed by atoms with E-state index in [9.17, 15) is 13.2 Å². The van der Waals surface area contributed by atoms with Crippen LogP contribution in [0.4, 0.5) is 13.2 Å². The second kappa shape index (κ2) is 15.5. The van der Waals surface area contributed by atoms with Crippen molar-refractivity contribution in [3.63, 3.8) is 0 Å². The van der Waals surface area contributed by atoms with E-state index in [0.29, 0.717) is 0 Å². The molecule has 0 amide bonds. The number of halogens is 3. The molecule has 2 aliphatic carbocycles. The fraction of sp³-hybridized carbons (Fsp3) is 0.529. The van der Waals surface area contributed by atoms with Crippen molar-refractivity contribution >= 4 is 10.1 Å². The van der Waals surface area contributed by atoms with Gasteiger partial charge in [0, 0.05) is 0 Å². The van der Waals surface area contributed by atoms with Gasteiger partial charge >= 0.3 is 35.1 Å². The molecule has 0 aromatic carbocycles. The van der Waals surface area contributed by atoms with Crippen molar-refractivity contribution in [2.75, 3.05) is 0 Å². The van der Waals surface area contributed by atoms with E-state index in [4.69, 9.17) is 13.0 Å². The number of hydrogen-bond acceptors (Lipinski definition) is 2. The summed E-state index contributed by atoms with van der Waals surface area (Å²) < 4.78 is 57.5. The van der Waals surface area contributed by atoms with Crippen molar-refractivity contribution in [3.8, 4) is 0 Å². The first-order chi connectivity index (χ1) is 11.2. The van der Waals surface area contributed by atoms with Gasteiger partial charge in [-0.05, 0) is 12.8 Å². The fourth-order valence-corrected chi connectivity index (χ4v) is 1.57. The molecule has 0 atom stereocenters. The number of rotatable bonds is 0. The molecular formula is C17H23F3O3RhS. The third-order valence-corrected chi connectivity index (χ3v) is 3.37. The third-order valence-electron chi connectivity index (χ3n) is 2.78. The van der Waals surface area contributed by atoms with Crippen molar-refractivity contribution in [3.05, 3.63) is 48.6 Å². The Balaban J connectivity index is 0. The summed E-state index contributed by atoms with van der Waals surface area (Å²) in [6.07, 6.45) is 29.0. The number of alkyl halides is 3. The molecule has 0 aromatic heterocycles. The average Bonchev–Trinajstić information content (AvgIpc) is 2.35. The van der Waals surface area contributed by atoms with Gasteiger partial charge in [-0.15, -0.1) is 0 Å². The predicted octanol–water partition coefficient (Wildman–Crippen LogP) is 5.34. The molecule has 1 radical (unpaired) electrons. The molecule has 0 spiro atoms. The topological polar surface area (TPSA) is 54.4 Å². The monoisotopic (exact) mass is 467 g/mol. The maximum absolute atomic E-state index is 10.7. The summed E-state index contributed by atoms with van der Waals surface area (Å²) in [6.45, 7) is 0. The summed E-state index contributed by atoms with van der Waals surface area (Å²) in [5.41, 5.74) is -5.53. The molecule has 0 unspecified atom stereocenters. The predicted molar refractivity (Wildman–Crippen MR) is 88.4 cm³/mol. The maximum Gasteiger partial charge on any atom is 2.00 e. The van der Waals surface area contributed by atoms with E-state index in [2.05, 4.69) is 48.6 Å². The second-order valence-electron chi connectivity index (χ2n) is 4.91. The van der Waals surface area contributed by atoms with E-state index in [1.165, 1.54) is 38.5 Å². The van der Waals surface area contributed by atoms with Gasteiger partial charge in [-0.3, -0.25) is 16.7 Å². The minimum atomic E-state index is -5.84. The van der Waals surface area contributed by atoms with E-state index >= 15 is 0 Å². The van der Waals surface area contributed by atoms with E-state index in [1.807, 2.05) is 0 Å². The Morgan fingerprint density at radius 2 is 1.08 bits per heavy atom. The quantitative estimate of drug-likeness (QED) is 0.172. The van der Waals surface area contributed by atoms with E-state index in [-0.39, 0.29) is 19.5 Å². The summed E-state index contributed by atoms with van der Waals surface area (Å²) in [6, 6.07) is 0. The van der Waals surface area contributed by atoms with Crippen LogP contribution < -0.4 is 0 Å². The molecule has 3 nitrogen and oxygen atoms in total. The minimum Gasteiger partial charge on any atom is -0.500 e. The molecule has 2 rings (SSSR count). The van der Waals surface area contributed by atoms with E-state index in [1.54, 1.807) is 0 Å². The summed E-state index contributed by atoms with van der Waals surface area (Å²) in [4.78, 5) is 0. The van der Waals surface area contributed by atoms with Gasteiger partial charge in [-0.2, -0.15) is 34.4 Å². The molecule has 0 aliphatic heterocycles. The molecule has 0 saturated heterocycles. The van der Waals surface area contributed by atoms with Crippen molar-refractivity contribution in [1.29, 1.82) is 0 Å². The molecule has 2 aliphatic rings.